The van der Waals surface area contributed by atoms with Crippen molar-refractivity contribution in [3.05, 3.63) is 42.0 Å². The van der Waals surface area contributed by atoms with Crippen LogP contribution in [0.4, 0.5) is 0 Å². The van der Waals surface area contributed by atoms with Gasteiger partial charge in [-0.1, -0.05) is 57.5 Å². The molecule has 0 unspecified atom stereocenters. The maximum atomic E-state index is 12.1. The normalized spacial score (nSPS) is 26.2. The number of carbonyl (C=O) groups excluding carboxylic acids is 1. The highest BCUT2D eigenvalue weighted by atomic mass is 16.5. The molecule has 114 valence electrons. The average molecular weight is 286 g/mol. The second-order valence-electron chi connectivity index (χ2n) is 6.55. The molecule has 1 aliphatic carbocycles. The van der Waals surface area contributed by atoms with Crippen LogP contribution in [0.1, 0.15) is 45.6 Å². The van der Waals surface area contributed by atoms with E-state index >= 15 is 0 Å². The molecule has 0 saturated heterocycles. The summed E-state index contributed by atoms with van der Waals surface area (Å²) >= 11 is 0. The molecule has 2 rings (SSSR count). The van der Waals surface area contributed by atoms with Crippen molar-refractivity contribution in [3.63, 3.8) is 0 Å². The zero-order valence-corrected chi connectivity index (χ0v) is 13.3. The predicted molar refractivity (Wildman–Crippen MR) is 86.7 cm³/mol. The molecule has 1 aromatic rings. The summed E-state index contributed by atoms with van der Waals surface area (Å²) in [5, 5.41) is 0. The first-order valence-electron chi connectivity index (χ1n) is 8.00. The molecule has 0 N–H and O–H groups in total. The van der Waals surface area contributed by atoms with Crippen molar-refractivity contribution in [2.75, 3.05) is 0 Å². The summed E-state index contributed by atoms with van der Waals surface area (Å²) in [5.74, 6) is 1.49. The molecule has 0 aromatic heterocycles. The molecule has 0 amide bonds. The van der Waals surface area contributed by atoms with Crippen molar-refractivity contribution >= 4 is 12.0 Å². The first-order valence-corrected chi connectivity index (χ1v) is 8.00. The maximum Gasteiger partial charge on any atom is 0.331 e. The van der Waals surface area contributed by atoms with Gasteiger partial charge in [0.1, 0.15) is 6.10 Å². The van der Waals surface area contributed by atoms with Crippen molar-refractivity contribution in [1.82, 2.24) is 0 Å². The van der Waals surface area contributed by atoms with Crippen LogP contribution in [0, 0.1) is 17.8 Å². The number of hydrogen-bond donors (Lipinski definition) is 0. The molecule has 0 heterocycles. The Morgan fingerprint density at radius 1 is 1.24 bits per heavy atom. The van der Waals surface area contributed by atoms with E-state index in [0.717, 1.165) is 12.0 Å². The molecule has 0 bridgehead atoms. The van der Waals surface area contributed by atoms with Gasteiger partial charge in [-0.25, -0.2) is 4.79 Å². The highest BCUT2D eigenvalue weighted by molar-refractivity contribution is 5.87. The lowest BCUT2D eigenvalue weighted by atomic mass is 9.75. The Balaban J connectivity index is 1.95. The Hall–Kier alpha value is -1.57. The van der Waals surface area contributed by atoms with E-state index in [1.165, 1.54) is 12.8 Å². The summed E-state index contributed by atoms with van der Waals surface area (Å²) < 4.78 is 5.73. The zero-order valence-electron chi connectivity index (χ0n) is 13.3. The van der Waals surface area contributed by atoms with Crippen LogP contribution in [0.25, 0.3) is 6.08 Å². The van der Waals surface area contributed by atoms with Crippen LogP contribution in [0.2, 0.25) is 0 Å². The first-order chi connectivity index (χ1) is 10.1. The average Bonchev–Trinajstić information content (AvgIpc) is 2.46. The zero-order chi connectivity index (χ0) is 15.2. The van der Waals surface area contributed by atoms with Gasteiger partial charge in [0.05, 0.1) is 0 Å². The Kier molecular flexibility index (Phi) is 5.60. The summed E-state index contributed by atoms with van der Waals surface area (Å²) in [5.41, 5.74) is 1.02. The van der Waals surface area contributed by atoms with Crippen LogP contribution >= 0.6 is 0 Å². The second-order valence-corrected chi connectivity index (χ2v) is 6.55. The van der Waals surface area contributed by atoms with Gasteiger partial charge < -0.3 is 4.74 Å². The molecular weight excluding hydrogens is 260 g/mol. The third-order valence-corrected chi connectivity index (χ3v) is 4.44. The van der Waals surface area contributed by atoms with Gasteiger partial charge in [0.15, 0.2) is 0 Å². The van der Waals surface area contributed by atoms with Crippen LogP contribution in [0.15, 0.2) is 36.4 Å². The summed E-state index contributed by atoms with van der Waals surface area (Å²) in [7, 11) is 0. The number of hydrogen-bond acceptors (Lipinski definition) is 2. The third kappa shape index (κ3) is 4.73. The van der Waals surface area contributed by atoms with Crippen molar-refractivity contribution < 1.29 is 9.53 Å². The number of ether oxygens (including phenoxy) is 1. The lowest BCUT2D eigenvalue weighted by Crippen LogP contribution is -2.35. The van der Waals surface area contributed by atoms with E-state index < -0.39 is 0 Å². The SMILES string of the molecule is CC(C)[C@@H]1CC[C@H](C)C[C@H]1OC(=O)/C=C/c1ccccc1. The number of benzene rings is 1. The van der Waals surface area contributed by atoms with E-state index in [2.05, 4.69) is 20.8 Å². The minimum Gasteiger partial charge on any atom is -0.459 e. The summed E-state index contributed by atoms with van der Waals surface area (Å²) in [6.45, 7) is 6.69. The lowest BCUT2D eigenvalue weighted by molar-refractivity contribution is -0.149. The highest BCUT2D eigenvalue weighted by Crippen LogP contribution is 2.35. The van der Waals surface area contributed by atoms with E-state index in [4.69, 9.17) is 4.74 Å². The van der Waals surface area contributed by atoms with Crippen LogP contribution in [-0.4, -0.2) is 12.1 Å². The highest BCUT2D eigenvalue weighted by Gasteiger charge is 2.32. The van der Waals surface area contributed by atoms with Gasteiger partial charge in [-0.2, -0.15) is 0 Å². The monoisotopic (exact) mass is 286 g/mol. The van der Waals surface area contributed by atoms with E-state index in [-0.39, 0.29) is 12.1 Å². The van der Waals surface area contributed by atoms with Gasteiger partial charge in [-0.3, -0.25) is 0 Å². The second kappa shape index (κ2) is 7.44. The molecule has 2 nitrogen and oxygen atoms in total. The fourth-order valence-electron chi connectivity index (χ4n) is 3.17. The summed E-state index contributed by atoms with van der Waals surface area (Å²) in [6, 6.07) is 9.84. The number of rotatable bonds is 4. The minimum atomic E-state index is -0.219. The molecule has 21 heavy (non-hydrogen) atoms. The maximum absolute atomic E-state index is 12.1. The predicted octanol–water partition coefficient (Wildman–Crippen LogP) is 4.70. The minimum absolute atomic E-state index is 0.0710. The van der Waals surface area contributed by atoms with Crippen molar-refractivity contribution in [2.45, 2.75) is 46.1 Å². The van der Waals surface area contributed by atoms with Crippen molar-refractivity contribution in [2.24, 2.45) is 17.8 Å². The van der Waals surface area contributed by atoms with E-state index in [1.807, 2.05) is 36.4 Å². The molecule has 1 saturated carbocycles. The van der Waals surface area contributed by atoms with Crippen LogP contribution in [-0.2, 0) is 9.53 Å². The van der Waals surface area contributed by atoms with Crippen LogP contribution in [0.5, 0.6) is 0 Å². The smallest absolute Gasteiger partial charge is 0.331 e. The largest absolute Gasteiger partial charge is 0.459 e. The van der Waals surface area contributed by atoms with Gasteiger partial charge in [-0.05, 0) is 42.2 Å². The van der Waals surface area contributed by atoms with Crippen molar-refractivity contribution in [3.8, 4) is 0 Å². The van der Waals surface area contributed by atoms with E-state index in [0.29, 0.717) is 17.8 Å². The third-order valence-electron chi connectivity index (χ3n) is 4.44. The first kappa shape index (κ1) is 15.8. The van der Waals surface area contributed by atoms with E-state index in [9.17, 15) is 4.79 Å². The topological polar surface area (TPSA) is 26.3 Å². The van der Waals surface area contributed by atoms with Gasteiger partial charge in [0, 0.05) is 6.08 Å². The Morgan fingerprint density at radius 2 is 1.95 bits per heavy atom. The standard InChI is InChI=1S/C19H26O2/c1-14(2)17-11-9-15(3)13-18(17)21-19(20)12-10-16-7-5-4-6-8-16/h4-8,10,12,14-15,17-18H,9,11,13H2,1-3H3/b12-10+/t15-,17-,18+/m0/s1. The summed E-state index contributed by atoms with van der Waals surface area (Å²) in [4.78, 5) is 12.1. The van der Waals surface area contributed by atoms with Gasteiger partial charge >= 0.3 is 5.97 Å². The molecule has 1 aromatic carbocycles. The Morgan fingerprint density at radius 3 is 2.62 bits per heavy atom. The number of carbonyl (C=O) groups is 1. The Bertz CT molecular complexity index is 476. The van der Waals surface area contributed by atoms with E-state index in [1.54, 1.807) is 6.08 Å². The fourth-order valence-corrected chi connectivity index (χ4v) is 3.17. The molecule has 0 spiro atoms. The van der Waals surface area contributed by atoms with Crippen LogP contribution in [0.3, 0.4) is 0 Å². The molecule has 1 aliphatic rings. The summed E-state index contributed by atoms with van der Waals surface area (Å²) in [6.07, 6.45) is 6.84. The van der Waals surface area contributed by atoms with Gasteiger partial charge in [0.2, 0.25) is 0 Å². The number of esters is 1. The molecule has 0 aliphatic heterocycles. The van der Waals surface area contributed by atoms with Gasteiger partial charge in [-0.15, -0.1) is 0 Å². The fraction of sp³-hybridized carbons (Fsp3) is 0.526. The lowest BCUT2D eigenvalue weighted by Gasteiger charge is -2.36. The molecule has 2 heteroatoms. The van der Waals surface area contributed by atoms with Crippen molar-refractivity contribution in [1.29, 1.82) is 0 Å². The molecule has 0 radical (unpaired) electrons. The quantitative estimate of drug-likeness (QED) is 0.592. The van der Waals surface area contributed by atoms with Gasteiger partial charge in [0.25, 0.3) is 0 Å². The molecule has 3 atom stereocenters. The molecule has 1 fully saturated rings. The van der Waals surface area contributed by atoms with Crippen LogP contribution < -0.4 is 0 Å². The Labute approximate surface area is 128 Å². The molecular formula is C19H26O2.